The Morgan fingerprint density at radius 1 is 0.862 bits per heavy atom. The predicted molar refractivity (Wildman–Crippen MR) is 115 cm³/mol. The normalized spacial score (nSPS) is 10.6. The maximum Gasteiger partial charge on any atom is 0.248 e. The first kappa shape index (κ1) is 18.4. The fourth-order valence-corrected chi connectivity index (χ4v) is 2.94. The summed E-state index contributed by atoms with van der Waals surface area (Å²) >= 11 is 0. The van der Waals surface area contributed by atoms with Crippen LogP contribution in [0.25, 0.3) is 22.2 Å². The number of pyridine rings is 1. The molecule has 0 aliphatic rings. The summed E-state index contributed by atoms with van der Waals surface area (Å²) in [4.78, 5) is 24.6. The zero-order valence-corrected chi connectivity index (χ0v) is 15.7. The van der Waals surface area contributed by atoms with Crippen molar-refractivity contribution in [3.63, 3.8) is 0 Å². The highest BCUT2D eigenvalue weighted by atomic mass is 16.1. The minimum Gasteiger partial charge on any atom is -0.368 e. The number of nitrogens with one attached hydrogen (secondary N) is 2. The number of para-hydroxylation sites is 1. The van der Waals surface area contributed by atoms with E-state index >= 15 is 0 Å². The lowest BCUT2D eigenvalue weighted by molar-refractivity contribution is 0.100. The number of nitrogens with two attached hydrogens (primary N) is 1. The van der Waals surface area contributed by atoms with E-state index in [1.54, 1.807) is 18.3 Å². The molecule has 0 spiro atoms. The monoisotopic (exact) mass is 384 g/mol. The topological polar surface area (TPSA) is 106 Å². The van der Waals surface area contributed by atoms with Crippen LogP contribution in [-0.2, 0) is 0 Å². The fraction of sp³-hybridized carbons (Fsp3) is 0.0909. The summed E-state index contributed by atoms with van der Waals surface area (Å²) in [6, 6.07) is 20.9. The molecule has 0 unspecified atom stereocenters. The molecule has 0 saturated heterocycles. The molecule has 0 aliphatic heterocycles. The molecule has 0 fully saturated rings. The van der Waals surface area contributed by atoms with Gasteiger partial charge in [-0.25, -0.2) is 15.0 Å². The largest absolute Gasteiger partial charge is 0.368 e. The van der Waals surface area contributed by atoms with E-state index in [4.69, 9.17) is 5.73 Å². The summed E-state index contributed by atoms with van der Waals surface area (Å²) in [7, 11) is 0. The van der Waals surface area contributed by atoms with E-state index in [0.717, 1.165) is 28.0 Å². The van der Waals surface area contributed by atoms with Gasteiger partial charge in [-0.2, -0.15) is 0 Å². The Labute approximate surface area is 168 Å². The second-order valence-corrected chi connectivity index (χ2v) is 6.45. The van der Waals surface area contributed by atoms with E-state index in [9.17, 15) is 4.79 Å². The second-order valence-electron chi connectivity index (χ2n) is 6.45. The Morgan fingerprint density at radius 2 is 1.66 bits per heavy atom. The zero-order chi connectivity index (χ0) is 20.1. The van der Waals surface area contributed by atoms with Crippen LogP contribution in [0.1, 0.15) is 10.4 Å². The molecule has 0 bridgehead atoms. The number of aromatic nitrogens is 3. The van der Waals surface area contributed by atoms with E-state index in [1.807, 2.05) is 54.6 Å². The minimum atomic E-state index is -0.449. The van der Waals surface area contributed by atoms with Gasteiger partial charge in [-0.3, -0.25) is 4.79 Å². The molecule has 0 saturated carbocycles. The summed E-state index contributed by atoms with van der Waals surface area (Å²) in [5.41, 5.74) is 8.36. The Morgan fingerprint density at radius 3 is 2.48 bits per heavy atom. The molecule has 2 aromatic carbocycles. The molecule has 7 nitrogen and oxygen atoms in total. The van der Waals surface area contributed by atoms with Crippen LogP contribution in [0.3, 0.4) is 0 Å². The number of carbonyl (C=O) groups excluding carboxylic acids is 1. The highest BCUT2D eigenvalue weighted by Gasteiger charge is 2.05. The van der Waals surface area contributed by atoms with Gasteiger partial charge in [0, 0.05) is 35.8 Å². The fourth-order valence-electron chi connectivity index (χ4n) is 2.94. The lowest BCUT2D eigenvalue weighted by atomic mass is 10.1. The molecule has 4 N–H and O–H groups in total. The van der Waals surface area contributed by atoms with Crippen LogP contribution in [0.4, 0.5) is 11.8 Å². The van der Waals surface area contributed by atoms with Crippen LogP contribution in [-0.4, -0.2) is 33.9 Å². The number of fused-ring (bicyclic) bond motifs is 1. The summed E-state index contributed by atoms with van der Waals surface area (Å²) in [6.07, 6.45) is 1.70. The van der Waals surface area contributed by atoms with Crippen molar-refractivity contribution < 1.29 is 4.79 Å². The quantitative estimate of drug-likeness (QED) is 0.422. The Bertz CT molecular complexity index is 1140. The van der Waals surface area contributed by atoms with Crippen LogP contribution in [0.5, 0.6) is 0 Å². The highest BCUT2D eigenvalue weighted by molar-refractivity contribution is 5.93. The molecular weight excluding hydrogens is 364 g/mol. The van der Waals surface area contributed by atoms with Crippen molar-refractivity contribution in [2.45, 2.75) is 0 Å². The number of primary amides is 1. The number of benzene rings is 2. The molecule has 4 aromatic rings. The van der Waals surface area contributed by atoms with E-state index in [0.29, 0.717) is 24.6 Å². The number of carbonyl (C=O) groups is 1. The summed E-state index contributed by atoms with van der Waals surface area (Å²) in [5.74, 6) is 0.916. The average molecular weight is 384 g/mol. The van der Waals surface area contributed by atoms with Gasteiger partial charge in [-0.05, 0) is 36.4 Å². The van der Waals surface area contributed by atoms with E-state index < -0.39 is 5.91 Å². The van der Waals surface area contributed by atoms with Crippen LogP contribution in [0, 0.1) is 0 Å². The molecule has 1 amide bonds. The second kappa shape index (κ2) is 8.35. The molecule has 0 atom stereocenters. The molecule has 29 heavy (non-hydrogen) atoms. The third-order valence-corrected chi connectivity index (χ3v) is 4.43. The lowest BCUT2D eigenvalue weighted by Gasteiger charge is -2.09. The van der Waals surface area contributed by atoms with Crippen molar-refractivity contribution in [3.8, 4) is 11.3 Å². The first-order valence-corrected chi connectivity index (χ1v) is 9.26. The number of anilines is 2. The first-order valence-electron chi connectivity index (χ1n) is 9.26. The van der Waals surface area contributed by atoms with Gasteiger partial charge in [0.2, 0.25) is 11.9 Å². The Balaban J connectivity index is 1.35. The standard InChI is InChI=1S/C22H20N6O/c23-21(29)17-7-5-16(6-8-17)19-11-12-25-22(28-19)26-14-13-24-20-10-9-15-3-1-2-4-18(15)27-20/h1-12H,13-14H2,(H2,23,29)(H,24,27)(H,25,26,28). The van der Waals surface area contributed by atoms with Crippen LogP contribution >= 0.6 is 0 Å². The number of nitrogens with zero attached hydrogens (tertiary/aromatic N) is 3. The highest BCUT2D eigenvalue weighted by Crippen LogP contribution is 2.18. The van der Waals surface area contributed by atoms with Crippen LogP contribution in [0.2, 0.25) is 0 Å². The third-order valence-electron chi connectivity index (χ3n) is 4.43. The molecule has 2 aromatic heterocycles. The van der Waals surface area contributed by atoms with Gasteiger partial charge in [-0.15, -0.1) is 0 Å². The molecule has 0 aliphatic carbocycles. The molecule has 7 heteroatoms. The van der Waals surface area contributed by atoms with Crippen molar-refractivity contribution in [1.82, 2.24) is 15.0 Å². The van der Waals surface area contributed by atoms with Gasteiger partial charge in [-0.1, -0.05) is 30.3 Å². The third kappa shape index (κ3) is 4.47. The van der Waals surface area contributed by atoms with Crippen molar-refractivity contribution in [2.24, 2.45) is 5.73 Å². The lowest BCUT2D eigenvalue weighted by Crippen LogP contribution is -2.15. The van der Waals surface area contributed by atoms with E-state index in [2.05, 4.69) is 25.6 Å². The number of rotatable bonds is 7. The van der Waals surface area contributed by atoms with Crippen molar-refractivity contribution in [2.75, 3.05) is 23.7 Å². The average Bonchev–Trinajstić information content (AvgIpc) is 2.77. The van der Waals surface area contributed by atoms with Crippen LogP contribution in [0.15, 0.2) is 72.9 Å². The minimum absolute atomic E-state index is 0.449. The zero-order valence-electron chi connectivity index (χ0n) is 15.7. The Hall–Kier alpha value is -4.00. The van der Waals surface area contributed by atoms with Crippen molar-refractivity contribution in [1.29, 1.82) is 0 Å². The van der Waals surface area contributed by atoms with Crippen molar-refractivity contribution in [3.05, 3.63) is 78.5 Å². The predicted octanol–water partition coefficient (Wildman–Crippen LogP) is 3.31. The van der Waals surface area contributed by atoms with Gasteiger partial charge in [0.1, 0.15) is 5.82 Å². The molecule has 0 radical (unpaired) electrons. The molecule has 4 rings (SSSR count). The van der Waals surface area contributed by atoms with Crippen molar-refractivity contribution >= 4 is 28.6 Å². The summed E-state index contributed by atoms with van der Waals surface area (Å²) in [5, 5.41) is 7.62. The van der Waals surface area contributed by atoms with E-state index in [-0.39, 0.29) is 0 Å². The van der Waals surface area contributed by atoms with Gasteiger partial charge >= 0.3 is 0 Å². The molecule has 144 valence electrons. The smallest absolute Gasteiger partial charge is 0.248 e. The number of amides is 1. The number of hydrogen-bond donors (Lipinski definition) is 3. The SMILES string of the molecule is NC(=O)c1ccc(-c2ccnc(NCCNc3ccc4ccccc4n3)n2)cc1. The van der Waals surface area contributed by atoms with Crippen LogP contribution < -0.4 is 16.4 Å². The molecule has 2 heterocycles. The number of hydrogen-bond acceptors (Lipinski definition) is 6. The maximum absolute atomic E-state index is 11.2. The van der Waals surface area contributed by atoms with E-state index in [1.165, 1.54) is 0 Å². The first-order chi connectivity index (χ1) is 14.2. The maximum atomic E-state index is 11.2. The van der Waals surface area contributed by atoms with Gasteiger partial charge in [0.05, 0.1) is 11.2 Å². The van der Waals surface area contributed by atoms with Gasteiger partial charge < -0.3 is 16.4 Å². The van der Waals surface area contributed by atoms with Gasteiger partial charge in [0.15, 0.2) is 0 Å². The summed E-state index contributed by atoms with van der Waals surface area (Å²) < 4.78 is 0. The Kier molecular flexibility index (Phi) is 5.29. The molecular formula is C22H20N6O. The van der Waals surface area contributed by atoms with Gasteiger partial charge in [0.25, 0.3) is 0 Å². The summed E-state index contributed by atoms with van der Waals surface area (Å²) in [6.45, 7) is 1.31.